The predicted octanol–water partition coefficient (Wildman–Crippen LogP) is 8.42. The van der Waals surface area contributed by atoms with E-state index in [1.54, 1.807) is 0 Å². The lowest BCUT2D eigenvalue weighted by Crippen LogP contribution is -2.15. The summed E-state index contributed by atoms with van der Waals surface area (Å²) in [6.45, 7) is 13.0. The van der Waals surface area contributed by atoms with Crippen molar-refractivity contribution in [1.82, 2.24) is 0 Å². The van der Waals surface area contributed by atoms with Gasteiger partial charge in [-0.05, 0) is 19.3 Å². The number of rotatable bonds is 45. The molecule has 0 N–H and O–H groups in total. The molecule has 0 bridgehead atoms. The van der Waals surface area contributed by atoms with Gasteiger partial charge in [0.15, 0.2) is 0 Å². The van der Waals surface area contributed by atoms with Gasteiger partial charge in [0, 0.05) is 19.1 Å². The molecule has 0 spiro atoms. The fourth-order valence-corrected chi connectivity index (χ4v) is 5.10. The summed E-state index contributed by atoms with van der Waals surface area (Å²) in [5, 5.41) is 0. The molecule has 0 atom stereocenters. The van der Waals surface area contributed by atoms with E-state index in [1.807, 2.05) is 0 Å². The van der Waals surface area contributed by atoms with Crippen LogP contribution in [0.4, 0.5) is 0 Å². The van der Waals surface area contributed by atoms with Crippen LogP contribution >= 0.6 is 11.6 Å². The molecule has 0 aliphatic rings. The van der Waals surface area contributed by atoms with Gasteiger partial charge in [-0.3, -0.25) is 0 Å². The molecule has 0 saturated heterocycles. The molecule has 0 aliphatic carbocycles. The van der Waals surface area contributed by atoms with Gasteiger partial charge in [0.1, 0.15) is 0 Å². The Morgan fingerprint density at radius 2 is 0.417 bits per heavy atom. The molecule has 0 heterocycles. The lowest BCUT2D eigenvalue weighted by molar-refractivity contribution is -0.0250. The molecule has 9 nitrogen and oxygen atoms in total. The third-order valence-corrected chi connectivity index (χ3v) is 8.06. The van der Waals surface area contributed by atoms with E-state index in [-0.39, 0.29) is 0 Å². The minimum Gasteiger partial charge on any atom is -0.379 e. The monoisotopic (exact) mass is 713 g/mol. The number of ether oxygens (including phenoxy) is 9. The van der Waals surface area contributed by atoms with E-state index in [0.717, 1.165) is 38.4 Å². The van der Waals surface area contributed by atoms with Crippen LogP contribution in [0.15, 0.2) is 0 Å². The molecular weight excluding hydrogens is 636 g/mol. The van der Waals surface area contributed by atoms with E-state index in [9.17, 15) is 0 Å². The van der Waals surface area contributed by atoms with E-state index in [4.69, 9.17) is 54.2 Å². The number of unbranched alkanes of at least 4 members (excludes halogenated alkanes) is 16. The largest absolute Gasteiger partial charge is 0.379 e. The zero-order valence-corrected chi connectivity index (χ0v) is 32.0. The van der Waals surface area contributed by atoms with Crippen LogP contribution in [0.2, 0.25) is 0 Å². The topological polar surface area (TPSA) is 83.1 Å². The molecular formula is C38H77ClO9. The van der Waals surface area contributed by atoms with Crippen molar-refractivity contribution in [2.24, 2.45) is 0 Å². The second kappa shape index (κ2) is 46.9. The summed E-state index contributed by atoms with van der Waals surface area (Å²) in [7, 11) is 0. The summed E-state index contributed by atoms with van der Waals surface area (Å²) in [5.41, 5.74) is 0. The van der Waals surface area contributed by atoms with Gasteiger partial charge in [-0.1, -0.05) is 103 Å². The third-order valence-electron chi connectivity index (χ3n) is 7.79. The van der Waals surface area contributed by atoms with Gasteiger partial charge >= 0.3 is 0 Å². The van der Waals surface area contributed by atoms with E-state index < -0.39 is 0 Å². The molecule has 0 amide bonds. The van der Waals surface area contributed by atoms with Gasteiger partial charge in [-0.2, -0.15) is 0 Å². The maximum absolute atomic E-state index is 5.68. The SMILES string of the molecule is CCCCCCCCCCCCCCCCOCCOCCOCCOCCOCCOCCOCCOCCOCCCCCCCl. The molecule has 0 aliphatic heterocycles. The van der Waals surface area contributed by atoms with E-state index >= 15 is 0 Å². The van der Waals surface area contributed by atoms with Crippen molar-refractivity contribution in [3.05, 3.63) is 0 Å². The van der Waals surface area contributed by atoms with Crippen LogP contribution in [0.1, 0.15) is 122 Å². The molecule has 0 aromatic rings. The summed E-state index contributed by atoms with van der Waals surface area (Å²) in [6, 6.07) is 0. The summed E-state index contributed by atoms with van der Waals surface area (Å²) in [6.07, 6.45) is 23.8. The highest BCUT2D eigenvalue weighted by Gasteiger charge is 1.97. The highest BCUT2D eigenvalue weighted by Crippen LogP contribution is 2.13. The zero-order valence-electron chi connectivity index (χ0n) is 31.2. The predicted molar refractivity (Wildman–Crippen MR) is 197 cm³/mol. The van der Waals surface area contributed by atoms with Crippen molar-refractivity contribution in [3.8, 4) is 0 Å². The average Bonchev–Trinajstić information content (AvgIpc) is 3.10. The van der Waals surface area contributed by atoms with E-state index in [2.05, 4.69) is 6.92 Å². The summed E-state index contributed by atoms with van der Waals surface area (Å²) in [5.74, 6) is 0.749. The summed E-state index contributed by atoms with van der Waals surface area (Å²) in [4.78, 5) is 0. The average molecular weight is 713 g/mol. The number of hydrogen-bond donors (Lipinski definition) is 0. The molecule has 0 aromatic carbocycles. The minimum absolute atomic E-state index is 0.538. The molecule has 0 aromatic heterocycles. The molecule has 10 heteroatoms. The normalized spacial score (nSPS) is 11.6. The molecule has 0 rings (SSSR count). The number of alkyl halides is 1. The van der Waals surface area contributed by atoms with Crippen LogP contribution in [-0.2, 0) is 42.6 Å². The molecule has 48 heavy (non-hydrogen) atoms. The minimum atomic E-state index is 0.538. The Kier molecular flexibility index (Phi) is 46.9. The van der Waals surface area contributed by atoms with Crippen molar-refractivity contribution in [2.75, 3.05) is 125 Å². The van der Waals surface area contributed by atoms with Gasteiger partial charge in [0.2, 0.25) is 0 Å². The van der Waals surface area contributed by atoms with Gasteiger partial charge < -0.3 is 42.6 Å². The highest BCUT2D eigenvalue weighted by atomic mass is 35.5. The van der Waals surface area contributed by atoms with Gasteiger partial charge in [0.25, 0.3) is 0 Å². The van der Waals surface area contributed by atoms with Crippen LogP contribution in [0, 0.1) is 0 Å². The quantitative estimate of drug-likeness (QED) is 0.0457. The Labute approximate surface area is 301 Å². The third kappa shape index (κ3) is 45.9. The van der Waals surface area contributed by atoms with E-state index in [1.165, 1.54) is 96.3 Å². The molecule has 290 valence electrons. The molecule has 0 unspecified atom stereocenters. The first-order valence-electron chi connectivity index (χ1n) is 19.7. The van der Waals surface area contributed by atoms with Crippen LogP contribution < -0.4 is 0 Å². The highest BCUT2D eigenvalue weighted by molar-refractivity contribution is 6.17. The Hall–Kier alpha value is -0.0700. The van der Waals surface area contributed by atoms with Crippen LogP contribution in [-0.4, -0.2) is 125 Å². The number of hydrogen-bond acceptors (Lipinski definition) is 9. The van der Waals surface area contributed by atoms with Crippen LogP contribution in [0.3, 0.4) is 0 Å². The first-order valence-corrected chi connectivity index (χ1v) is 20.2. The lowest BCUT2D eigenvalue weighted by Gasteiger charge is -2.09. The van der Waals surface area contributed by atoms with Crippen LogP contribution in [0.25, 0.3) is 0 Å². The first kappa shape index (κ1) is 47.9. The molecule has 0 saturated carbocycles. The second-order valence-corrected chi connectivity index (χ2v) is 12.6. The zero-order chi connectivity index (χ0) is 34.5. The van der Waals surface area contributed by atoms with Crippen molar-refractivity contribution in [1.29, 1.82) is 0 Å². The summed E-state index contributed by atoms with van der Waals surface area (Å²) >= 11 is 5.66. The van der Waals surface area contributed by atoms with Gasteiger partial charge in [0.05, 0.1) is 106 Å². The maximum Gasteiger partial charge on any atom is 0.0701 e. The first-order chi connectivity index (χ1) is 23.9. The fraction of sp³-hybridized carbons (Fsp3) is 1.00. The fourth-order valence-electron chi connectivity index (χ4n) is 4.91. The Morgan fingerprint density at radius 1 is 0.229 bits per heavy atom. The Morgan fingerprint density at radius 3 is 0.646 bits per heavy atom. The standard InChI is InChI=1S/C38H77ClO9/c1-2-3-4-5-6-7-8-9-10-11-12-13-15-18-21-40-23-25-42-27-29-44-31-33-46-35-37-48-38-36-47-34-32-45-30-28-43-26-24-41-22-19-16-14-17-20-39/h2-38H2,1H3. The lowest BCUT2D eigenvalue weighted by atomic mass is 10.0. The van der Waals surface area contributed by atoms with E-state index in [0.29, 0.717) is 106 Å². The van der Waals surface area contributed by atoms with Crippen molar-refractivity contribution in [2.45, 2.75) is 122 Å². The molecule has 0 radical (unpaired) electrons. The smallest absolute Gasteiger partial charge is 0.0701 e. The molecule has 0 fully saturated rings. The summed E-state index contributed by atoms with van der Waals surface area (Å²) < 4.78 is 49.9. The van der Waals surface area contributed by atoms with Crippen molar-refractivity contribution < 1.29 is 42.6 Å². The Balaban J connectivity index is 3.04. The number of halogens is 1. The van der Waals surface area contributed by atoms with Crippen molar-refractivity contribution >= 4 is 11.6 Å². The second-order valence-electron chi connectivity index (χ2n) is 12.2. The van der Waals surface area contributed by atoms with Gasteiger partial charge in [-0.25, -0.2) is 0 Å². The Bertz CT molecular complexity index is 502. The van der Waals surface area contributed by atoms with Crippen molar-refractivity contribution in [3.63, 3.8) is 0 Å². The van der Waals surface area contributed by atoms with Gasteiger partial charge in [-0.15, -0.1) is 11.6 Å². The maximum atomic E-state index is 5.68. The van der Waals surface area contributed by atoms with Crippen LogP contribution in [0.5, 0.6) is 0 Å².